The van der Waals surface area contributed by atoms with E-state index in [2.05, 4.69) is 15.8 Å². The molecular weight excluding hydrogens is 325 g/mol. The van der Waals surface area contributed by atoms with Crippen molar-refractivity contribution < 1.29 is 0 Å². The minimum Gasteiger partial charge on any atom is -0.331 e. The van der Waals surface area contributed by atoms with Gasteiger partial charge in [-0.2, -0.15) is 5.10 Å². The molecule has 0 aromatic heterocycles. The lowest BCUT2D eigenvalue weighted by Gasteiger charge is -2.07. The van der Waals surface area contributed by atoms with E-state index in [4.69, 9.17) is 35.4 Å². The molecule has 2 N–H and O–H groups in total. The van der Waals surface area contributed by atoms with Crippen molar-refractivity contribution in [3.05, 3.63) is 63.6 Å². The van der Waals surface area contributed by atoms with Gasteiger partial charge in [-0.3, -0.25) is 5.43 Å². The van der Waals surface area contributed by atoms with E-state index >= 15 is 0 Å². The third-order valence-corrected chi connectivity index (χ3v) is 3.40. The summed E-state index contributed by atoms with van der Waals surface area (Å²) in [5.74, 6) is 0. The van der Waals surface area contributed by atoms with E-state index in [1.54, 1.807) is 24.4 Å². The molecule has 0 saturated heterocycles. The molecule has 21 heavy (non-hydrogen) atoms. The Labute approximate surface area is 139 Å². The Balaban J connectivity index is 1.91. The molecule has 2 aromatic rings. The van der Waals surface area contributed by atoms with Gasteiger partial charge in [0.2, 0.25) is 0 Å². The second-order valence-electron chi connectivity index (χ2n) is 4.36. The van der Waals surface area contributed by atoms with Crippen LogP contribution in [-0.4, -0.2) is 11.3 Å². The van der Waals surface area contributed by atoms with E-state index in [1.807, 2.05) is 31.2 Å². The number of nitrogens with zero attached hydrogens (tertiary/aromatic N) is 1. The SMILES string of the molecule is Cc1ccc(NC(=S)N/N=C/c2ccc(Cl)cc2Cl)cc1. The van der Waals surface area contributed by atoms with Crippen LogP contribution in [0.25, 0.3) is 0 Å². The molecule has 0 heterocycles. The second kappa shape index (κ2) is 7.41. The first-order valence-electron chi connectivity index (χ1n) is 6.16. The summed E-state index contributed by atoms with van der Waals surface area (Å²) in [5, 5.41) is 8.59. The lowest BCUT2D eigenvalue weighted by Crippen LogP contribution is -2.23. The third kappa shape index (κ3) is 5.01. The van der Waals surface area contributed by atoms with Crippen molar-refractivity contribution in [1.82, 2.24) is 5.43 Å². The quantitative estimate of drug-likeness (QED) is 0.487. The van der Waals surface area contributed by atoms with Crippen molar-refractivity contribution in [2.75, 3.05) is 5.32 Å². The molecule has 2 rings (SSSR count). The highest BCUT2D eigenvalue weighted by atomic mass is 35.5. The van der Waals surface area contributed by atoms with Crippen LogP contribution in [0.2, 0.25) is 10.0 Å². The van der Waals surface area contributed by atoms with Gasteiger partial charge in [-0.25, -0.2) is 0 Å². The minimum atomic E-state index is 0.403. The normalized spacial score (nSPS) is 10.6. The van der Waals surface area contributed by atoms with Crippen LogP contribution in [0, 0.1) is 6.92 Å². The van der Waals surface area contributed by atoms with Gasteiger partial charge in [-0.1, -0.05) is 47.0 Å². The molecule has 0 unspecified atom stereocenters. The largest absolute Gasteiger partial charge is 0.331 e. The van der Waals surface area contributed by atoms with Gasteiger partial charge in [-0.05, 0) is 43.4 Å². The molecule has 0 radical (unpaired) electrons. The Morgan fingerprint density at radius 2 is 1.86 bits per heavy atom. The molecular formula is C15H13Cl2N3S. The molecule has 0 amide bonds. The molecule has 108 valence electrons. The summed E-state index contributed by atoms with van der Waals surface area (Å²) in [5.41, 5.74) is 5.58. The van der Waals surface area contributed by atoms with Gasteiger partial charge in [0.15, 0.2) is 5.11 Å². The van der Waals surface area contributed by atoms with E-state index in [-0.39, 0.29) is 0 Å². The fraction of sp³-hybridized carbons (Fsp3) is 0.0667. The average molecular weight is 338 g/mol. The number of rotatable bonds is 3. The first-order chi connectivity index (χ1) is 10.0. The second-order valence-corrected chi connectivity index (χ2v) is 5.61. The maximum atomic E-state index is 6.04. The first-order valence-corrected chi connectivity index (χ1v) is 7.33. The number of halogens is 2. The van der Waals surface area contributed by atoms with Crippen molar-refractivity contribution in [2.24, 2.45) is 5.10 Å². The Hall–Kier alpha value is -1.62. The Morgan fingerprint density at radius 3 is 2.52 bits per heavy atom. The summed E-state index contributed by atoms with van der Waals surface area (Å²) < 4.78 is 0. The van der Waals surface area contributed by atoms with Crippen LogP contribution >= 0.6 is 35.4 Å². The number of hydrazone groups is 1. The van der Waals surface area contributed by atoms with E-state index in [0.29, 0.717) is 15.2 Å². The standard InChI is InChI=1S/C15H13Cl2N3S/c1-10-2-6-13(7-3-10)19-15(21)20-18-9-11-4-5-12(16)8-14(11)17/h2-9H,1H3,(H2,19,20,21)/b18-9+. The third-order valence-electron chi connectivity index (χ3n) is 2.64. The number of hydrogen-bond donors (Lipinski definition) is 2. The summed E-state index contributed by atoms with van der Waals surface area (Å²) in [6, 6.07) is 13.1. The van der Waals surface area contributed by atoms with Gasteiger partial charge in [0.1, 0.15) is 0 Å². The zero-order chi connectivity index (χ0) is 15.2. The minimum absolute atomic E-state index is 0.403. The molecule has 2 aromatic carbocycles. The van der Waals surface area contributed by atoms with Gasteiger partial charge in [0.05, 0.1) is 11.2 Å². The van der Waals surface area contributed by atoms with Crippen molar-refractivity contribution >= 4 is 52.4 Å². The highest BCUT2D eigenvalue weighted by Crippen LogP contribution is 2.19. The number of benzene rings is 2. The van der Waals surface area contributed by atoms with Gasteiger partial charge < -0.3 is 5.32 Å². The topological polar surface area (TPSA) is 36.4 Å². The zero-order valence-electron chi connectivity index (χ0n) is 11.2. The molecule has 0 aliphatic heterocycles. The van der Waals surface area contributed by atoms with Crippen LogP contribution in [-0.2, 0) is 0 Å². The Kier molecular flexibility index (Phi) is 5.56. The van der Waals surface area contributed by atoms with E-state index < -0.39 is 0 Å². The molecule has 0 spiro atoms. The number of anilines is 1. The molecule has 3 nitrogen and oxygen atoms in total. The lowest BCUT2D eigenvalue weighted by molar-refractivity contribution is 1.05. The average Bonchev–Trinajstić information content (AvgIpc) is 2.44. The summed E-state index contributed by atoms with van der Waals surface area (Å²) in [6.45, 7) is 2.03. The van der Waals surface area contributed by atoms with Crippen LogP contribution in [0.4, 0.5) is 5.69 Å². The Bertz CT molecular complexity index is 669. The smallest absolute Gasteiger partial charge is 0.191 e. The van der Waals surface area contributed by atoms with Gasteiger partial charge in [-0.15, -0.1) is 0 Å². The van der Waals surface area contributed by atoms with Crippen molar-refractivity contribution in [2.45, 2.75) is 6.92 Å². The molecule has 0 aliphatic carbocycles. The van der Waals surface area contributed by atoms with Gasteiger partial charge in [0.25, 0.3) is 0 Å². The van der Waals surface area contributed by atoms with Crippen molar-refractivity contribution in [1.29, 1.82) is 0 Å². The zero-order valence-corrected chi connectivity index (χ0v) is 13.6. The monoisotopic (exact) mass is 337 g/mol. The Morgan fingerprint density at radius 1 is 1.14 bits per heavy atom. The maximum Gasteiger partial charge on any atom is 0.191 e. The molecule has 0 bridgehead atoms. The summed E-state index contributed by atoms with van der Waals surface area (Å²) in [6.07, 6.45) is 1.59. The van der Waals surface area contributed by atoms with Crippen LogP contribution in [0.3, 0.4) is 0 Å². The highest BCUT2D eigenvalue weighted by molar-refractivity contribution is 7.80. The highest BCUT2D eigenvalue weighted by Gasteiger charge is 1.99. The molecule has 0 saturated carbocycles. The van der Waals surface area contributed by atoms with E-state index in [9.17, 15) is 0 Å². The van der Waals surface area contributed by atoms with Gasteiger partial charge in [0, 0.05) is 16.3 Å². The van der Waals surface area contributed by atoms with Crippen LogP contribution in [0.15, 0.2) is 47.6 Å². The fourth-order valence-electron chi connectivity index (χ4n) is 1.56. The van der Waals surface area contributed by atoms with E-state index in [1.165, 1.54) is 5.56 Å². The first kappa shape index (κ1) is 15.8. The summed E-state index contributed by atoms with van der Waals surface area (Å²) >= 11 is 17.0. The molecule has 6 heteroatoms. The van der Waals surface area contributed by atoms with Crippen LogP contribution < -0.4 is 10.7 Å². The summed E-state index contributed by atoms with van der Waals surface area (Å²) in [4.78, 5) is 0. The summed E-state index contributed by atoms with van der Waals surface area (Å²) in [7, 11) is 0. The van der Waals surface area contributed by atoms with Crippen molar-refractivity contribution in [3.8, 4) is 0 Å². The molecule has 0 atom stereocenters. The number of hydrogen-bond acceptors (Lipinski definition) is 2. The van der Waals surface area contributed by atoms with Crippen molar-refractivity contribution in [3.63, 3.8) is 0 Å². The number of aryl methyl sites for hydroxylation is 1. The fourth-order valence-corrected chi connectivity index (χ4v) is 2.19. The van der Waals surface area contributed by atoms with E-state index in [0.717, 1.165) is 11.3 Å². The predicted molar refractivity (Wildman–Crippen MR) is 94.6 cm³/mol. The number of thiocarbonyl (C=S) groups is 1. The molecule has 0 aliphatic rings. The van der Waals surface area contributed by atoms with Crippen LogP contribution in [0.5, 0.6) is 0 Å². The van der Waals surface area contributed by atoms with Gasteiger partial charge >= 0.3 is 0 Å². The maximum absolute atomic E-state index is 6.04. The molecule has 0 fully saturated rings. The number of nitrogens with one attached hydrogen (secondary N) is 2. The predicted octanol–water partition coefficient (Wildman–Crippen LogP) is 4.62. The lowest BCUT2D eigenvalue weighted by atomic mass is 10.2. The van der Waals surface area contributed by atoms with Crippen LogP contribution in [0.1, 0.15) is 11.1 Å².